The molecule has 0 spiro atoms. The Morgan fingerprint density at radius 2 is 1.48 bits per heavy atom. The van der Waals surface area contributed by atoms with Crippen LogP contribution in [0, 0.1) is 29.1 Å². The van der Waals surface area contributed by atoms with Crippen molar-refractivity contribution >= 4 is 11.8 Å². The Hall–Kier alpha value is -1.10. The van der Waals surface area contributed by atoms with Crippen LogP contribution in [0.15, 0.2) is 0 Å². The summed E-state index contributed by atoms with van der Waals surface area (Å²) in [5.74, 6) is 2.66. The standard InChI is InChI=1S/C22H37N3O2/c1-14(2)19(20(26)25-6-4-18(23-3)5-7-25)24-21(27)22-11-15-8-16(12-22)10-17(9-15)13-22/h14-19,23H,4-13H2,1-3H3,(H,24,27). The zero-order chi connectivity index (χ0) is 19.2. The van der Waals surface area contributed by atoms with Gasteiger partial charge in [-0.2, -0.15) is 0 Å². The fourth-order valence-electron chi connectivity index (χ4n) is 6.78. The molecule has 0 aromatic heterocycles. The first-order valence-corrected chi connectivity index (χ1v) is 11.2. The van der Waals surface area contributed by atoms with Gasteiger partial charge in [0.25, 0.3) is 0 Å². The van der Waals surface area contributed by atoms with E-state index in [1.807, 2.05) is 11.9 Å². The average Bonchev–Trinajstić information content (AvgIpc) is 2.64. The molecule has 5 aliphatic rings. The van der Waals surface area contributed by atoms with Gasteiger partial charge >= 0.3 is 0 Å². The summed E-state index contributed by atoms with van der Waals surface area (Å²) in [4.78, 5) is 28.6. The van der Waals surface area contributed by atoms with E-state index in [-0.39, 0.29) is 29.2 Å². The van der Waals surface area contributed by atoms with E-state index in [9.17, 15) is 9.59 Å². The van der Waals surface area contributed by atoms with Gasteiger partial charge in [-0.25, -0.2) is 0 Å². The van der Waals surface area contributed by atoms with E-state index >= 15 is 0 Å². The number of hydrogen-bond acceptors (Lipinski definition) is 3. The molecule has 27 heavy (non-hydrogen) atoms. The zero-order valence-electron chi connectivity index (χ0n) is 17.3. The fraction of sp³-hybridized carbons (Fsp3) is 0.909. The Morgan fingerprint density at radius 3 is 1.93 bits per heavy atom. The maximum absolute atomic E-state index is 13.4. The Bertz CT molecular complexity index is 545. The van der Waals surface area contributed by atoms with Gasteiger partial charge in [-0.05, 0) is 82.1 Å². The van der Waals surface area contributed by atoms with Gasteiger partial charge in [0.15, 0.2) is 0 Å². The highest BCUT2D eigenvalue weighted by Crippen LogP contribution is 2.60. The monoisotopic (exact) mass is 375 g/mol. The third kappa shape index (κ3) is 3.64. The van der Waals surface area contributed by atoms with Crippen molar-refractivity contribution in [3.63, 3.8) is 0 Å². The number of likely N-dealkylation sites (tertiary alicyclic amines) is 1. The van der Waals surface area contributed by atoms with Gasteiger partial charge in [0.2, 0.25) is 11.8 Å². The number of nitrogens with zero attached hydrogens (tertiary/aromatic N) is 1. The summed E-state index contributed by atoms with van der Waals surface area (Å²) in [6, 6.07) is 0.129. The molecule has 4 aliphatic carbocycles. The predicted molar refractivity (Wildman–Crippen MR) is 106 cm³/mol. The van der Waals surface area contributed by atoms with Gasteiger partial charge in [0.05, 0.1) is 0 Å². The molecule has 2 amide bonds. The first-order valence-electron chi connectivity index (χ1n) is 11.2. The second-order valence-electron chi connectivity index (χ2n) is 10.3. The van der Waals surface area contributed by atoms with Crippen LogP contribution in [0.4, 0.5) is 0 Å². The number of nitrogens with one attached hydrogen (secondary N) is 2. The van der Waals surface area contributed by atoms with Gasteiger partial charge in [0, 0.05) is 24.5 Å². The third-order valence-corrected chi connectivity index (χ3v) is 7.95. The molecule has 5 fully saturated rings. The Kier molecular flexibility index (Phi) is 5.26. The van der Waals surface area contributed by atoms with Crippen molar-refractivity contribution < 1.29 is 9.59 Å². The molecule has 0 radical (unpaired) electrons. The van der Waals surface area contributed by atoms with E-state index in [1.54, 1.807) is 0 Å². The highest BCUT2D eigenvalue weighted by molar-refractivity contribution is 5.90. The number of rotatable bonds is 5. The van der Waals surface area contributed by atoms with E-state index in [4.69, 9.17) is 0 Å². The summed E-state index contributed by atoms with van der Waals surface area (Å²) in [5, 5.41) is 6.56. The molecule has 5 rings (SSSR count). The summed E-state index contributed by atoms with van der Waals surface area (Å²) in [6.45, 7) is 5.70. The lowest BCUT2D eigenvalue weighted by molar-refractivity contribution is -0.151. The number of carbonyl (C=O) groups excluding carboxylic acids is 2. The zero-order valence-corrected chi connectivity index (χ0v) is 17.3. The number of carbonyl (C=O) groups is 2. The number of piperidine rings is 1. The van der Waals surface area contributed by atoms with Crippen LogP contribution in [-0.2, 0) is 9.59 Å². The van der Waals surface area contributed by atoms with E-state index in [0.29, 0.717) is 6.04 Å². The molecule has 2 N–H and O–H groups in total. The van der Waals surface area contributed by atoms with Crippen molar-refractivity contribution in [2.24, 2.45) is 29.1 Å². The molecule has 1 atom stereocenters. The van der Waals surface area contributed by atoms with Gasteiger partial charge in [-0.3, -0.25) is 9.59 Å². The number of hydrogen-bond donors (Lipinski definition) is 2. The third-order valence-electron chi connectivity index (χ3n) is 7.95. The summed E-state index contributed by atoms with van der Waals surface area (Å²) < 4.78 is 0. The molecule has 0 aromatic rings. The van der Waals surface area contributed by atoms with Gasteiger partial charge in [0.1, 0.15) is 6.04 Å². The predicted octanol–water partition coefficient (Wildman–Crippen LogP) is 2.55. The molecule has 152 valence electrons. The smallest absolute Gasteiger partial charge is 0.245 e. The summed E-state index contributed by atoms with van der Waals surface area (Å²) >= 11 is 0. The molecule has 4 bridgehead atoms. The van der Waals surface area contributed by atoms with Gasteiger partial charge < -0.3 is 15.5 Å². The second kappa shape index (κ2) is 7.38. The van der Waals surface area contributed by atoms with Crippen LogP contribution in [0.1, 0.15) is 65.2 Å². The molecular weight excluding hydrogens is 338 g/mol. The molecule has 5 heteroatoms. The minimum absolute atomic E-state index is 0.123. The maximum Gasteiger partial charge on any atom is 0.245 e. The molecule has 1 heterocycles. The molecule has 1 aliphatic heterocycles. The molecule has 5 nitrogen and oxygen atoms in total. The van der Waals surface area contributed by atoms with E-state index in [1.165, 1.54) is 19.3 Å². The number of amides is 2. The molecule has 1 saturated heterocycles. The Morgan fingerprint density at radius 1 is 0.963 bits per heavy atom. The molecule has 1 unspecified atom stereocenters. The van der Waals surface area contributed by atoms with E-state index < -0.39 is 0 Å². The SMILES string of the molecule is CNC1CCN(C(=O)C(NC(=O)C23CC4CC(CC(C4)C2)C3)C(C)C)CC1. The fourth-order valence-corrected chi connectivity index (χ4v) is 6.78. The molecular formula is C22H37N3O2. The van der Waals surface area contributed by atoms with Crippen molar-refractivity contribution in [2.45, 2.75) is 77.3 Å². The van der Waals surface area contributed by atoms with Crippen LogP contribution in [-0.4, -0.2) is 48.9 Å². The first-order chi connectivity index (χ1) is 12.9. The van der Waals surface area contributed by atoms with Crippen molar-refractivity contribution in [1.29, 1.82) is 0 Å². The second-order valence-corrected chi connectivity index (χ2v) is 10.3. The summed E-state index contributed by atoms with van der Waals surface area (Å²) in [7, 11) is 1.99. The Balaban J connectivity index is 1.42. The topological polar surface area (TPSA) is 61.4 Å². The minimum atomic E-state index is -0.378. The lowest BCUT2D eigenvalue weighted by atomic mass is 9.49. The van der Waals surface area contributed by atoms with Crippen LogP contribution < -0.4 is 10.6 Å². The van der Waals surface area contributed by atoms with Crippen LogP contribution in [0.5, 0.6) is 0 Å². The average molecular weight is 376 g/mol. The highest BCUT2D eigenvalue weighted by Gasteiger charge is 2.55. The minimum Gasteiger partial charge on any atom is -0.344 e. The quantitative estimate of drug-likeness (QED) is 0.776. The van der Waals surface area contributed by atoms with Crippen molar-refractivity contribution in [1.82, 2.24) is 15.5 Å². The van der Waals surface area contributed by atoms with Crippen LogP contribution in [0.3, 0.4) is 0 Å². The molecule has 4 saturated carbocycles. The van der Waals surface area contributed by atoms with Crippen LogP contribution >= 0.6 is 0 Å². The largest absolute Gasteiger partial charge is 0.344 e. The summed E-state index contributed by atoms with van der Waals surface area (Å²) in [6.07, 6.45) is 9.15. The maximum atomic E-state index is 13.4. The molecule has 0 aromatic carbocycles. The van der Waals surface area contributed by atoms with Gasteiger partial charge in [-0.15, -0.1) is 0 Å². The lowest BCUT2D eigenvalue weighted by Crippen LogP contribution is -2.59. The Labute approximate surface area is 164 Å². The van der Waals surface area contributed by atoms with Crippen molar-refractivity contribution in [3.8, 4) is 0 Å². The normalized spacial score (nSPS) is 36.9. The summed E-state index contributed by atoms with van der Waals surface area (Å²) in [5.41, 5.74) is -0.179. The van der Waals surface area contributed by atoms with E-state index in [2.05, 4.69) is 24.5 Å². The van der Waals surface area contributed by atoms with Crippen LogP contribution in [0.2, 0.25) is 0 Å². The highest BCUT2D eigenvalue weighted by atomic mass is 16.2. The van der Waals surface area contributed by atoms with Crippen molar-refractivity contribution in [2.75, 3.05) is 20.1 Å². The van der Waals surface area contributed by atoms with E-state index in [0.717, 1.165) is 62.9 Å². The first kappa shape index (κ1) is 19.2. The van der Waals surface area contributed by atoms with Crippen LogP contribution in [0.25, 0.3) is 0 Å². The van der Waals surface area contributed by atoms with Crippen molar-refractivity contribution in [3.05, 3.63) is 0 Å². The van der Waals surface area contributed by atoms with Gasteiger partial charge in [-0.1, -0.05) is 13.8 Å². The lowest BCUT2D eigenvalue weighted by Gasteiger charge is -2.56.